The SMILES string of the molecule is C=CCn1c(S[C@@H](C)C(=O)Nc2nc(C)c(C)s2)nnc1-c1cccc(F)c1. The number of aromatic nitrogens is 4. The third-order valence-corrected chi connectivity index (χ3v) is 6.09. The van der Waals surface area contributed by atoms with Crippen LogP contribution in [0.25, 0.3) is 11.4 Å². The summed E-state index contributed by atoms with van der Waals surface area (Å²) in [5.41, 5.74) is 1.53. The van der Waals surface area contributed by atoms with Gasteiger partial charge in [0.1, 0.15) is 5.82 Å². The van der Waals surface area contributed by atoms with Crippen molar-refractivity contribution in [3.63, 3.8) is 0 Å². The van der Waals surface area contributed by atoms with Crippen LogP contribution in [0.4, 0.5) is 9.52 Å². The van der Waals surface area contributed by atoms with Crippen molar-refractivity contribution in [1.29, 1.82) is 0 Å². The molecule has 0 saturated carbocycles. The zero-order chi connectivity index (χ0) is 20.3. The molecule has 28 heavy (non-hydrogen) atoms. The van der Waals surface area contributed by atoms with Crippen LogP contribution in [-0.2, 0) is 11.3 Å². The molecule has 0 radical (unpaired) electrons. The Kier molecular flexibility index (Phi) is 6.25. The molecule has 0 spiro atoms. The Bertz CT molecular complexity index is 994. The normalized spacial score (nSPS) is 12.0. The highest BCUT2D eigenvalue weighted by Crippen LogP contribution is 2.28. The number of rotatable bonds is 7. The van der Waals surface area contributed by atoms with Crippen LogP contribution in [-0.4, -0.2) is 30.9 Å². The van der Waals surface area contributed by atoms with E-state index in [9.17, 15) is 9.18 Å². The molecule has 1 aromatic carbocycles. The van der Waals surface area contributed by atoms with Crippen LogP contribution in [0.1, 0.15) is 17.5 Å². The number of allylic oxidation sites excluding steroid dienone is 1. The van der Waals surface area contributed by atoms with Crippen LogP contribution >= 0.6 is 23.1 Å². The molecule has 6 nitrogen and oxygen atoms in total. The molecular formula is C19H20FN5OS2. The fourth-order valence-electron chi connectivity index (χ4n) is 2.46. The number of nitrogens with one attached hydrogen (secondary N) is 1. The third kappa shape index (κ3) is 4.48. The van der Waals surface area contributed by atoms with Crippen LogP contribution in [0.15, 0.2) is 42.1 Å². The first kappa shape index (κ1) is 20.2. The Morgan fingerprint density at radius 1 is 1.43 bits per heavy atom. The van der Waals surface area contributed by atoms with Gasteiger partial charge in [-0.3, -0.25) is 9.36 Å². The number of anilines is 1. The lowest BCUT2D eigenvalue weighted by molar-refractivity contribution is -0.115. The number of hydrogen-bond acceptors (Lipinski definition) is 6. The molecule has 1 atom stereocenters. The summed E-state index contributed by atoms with van der Waals surface area (Å²) in [7, 11) is 0. The van der Waals surface area contributed by atoms with E-state index in [4.69, 9.17) is 0 Å². The van der Waals surface area contributed by atoms with Gasteiger partial charge in [-0.05, 0) is 32.9 Å². The Labute approximate surface area is 170 Å². The molecule has 2 heterocycles. The minimum Gasteiger partial charge on any atom is -0.301 e. The van der Waals surface area contributed by atoms with Gasteiger partial charge in [0.15, 0.2) is 16.1 Å². The number of thioether (sulfide) groups is 1. The van der Waals surface area contributed by atoms with Crippen molar-refractivity contribution < 1.29 is 9.18 Å². The van der Waals surface area contributed by atoms with Crippen molar-refractivity contribution in [2.75, 3.05) is 5.32 Å². The highest BCUT2D eigenvalue weighted by molar-refractivity contribution is 8.00. The molecule has 0 saturated heterocycles. The lowest BCUT2D eigenvalue weighted by atomic mass is 10.2. The number of carbonyl (C=O) groups is 1. The van der Waals surface area contributed by atoms with Gasteiger partial charge in [-0.1, -0.05) is 30.0 Å². The van der Waals surface area contributed by atoms with E-state index in [0.29, 0.717) is 28.2 Å². The van der Waals surface area contributed by atoms with Crippen LogP contribution in [0.5, 0.6) is 0 Å². The van der Waals surface area contributed by atoms with Crippen LogP contribution < -0.4 is 5.32 Å². The molecule has 0 aliphatic rings. The maximum atomic E-state index is 13.6. The van der Waals surface area contributed by atoms with Gasteiger partial charge in [0.25, 0.3) is 0 Å². The highest BCUT2D eigenvalue weighted by atomic mass is 32.2. The molecular weight excluding hydrogens is 397 g/mol. The van der Waals surface area contributed by atoms with Crippen LogP contribution in [0.3, 0.4) is 0 Å². The monoisotopic (exact) mass is 417 g/mol. The number of aryl methyl sites for hydroxylation is 2. The minimum atomic E-state index is -0.419. The second kappa shape index (κ2) is 8.66. The fourth-order valence-corrected chi connectivity index (χ4v) is 4.13. The van der Waals surface area contributed by atoms with Gasteiger partial charge in [-0.15, -0.1) is 28.1 Å². The number of carbonyl (C=O) groups excluding carboxylic acids is 1. The van der Waals surface area contributed by atoms with Gasteiger partial charge in [-0.2, -0.15) is 0 Å². The van der Waals surface area contributed by atoms with E-state index in [1.807, 2.05) is 18.4 Å². The molecule has 2 aromatic heterocycles. The molecule has 0 unspecified atom stereocenters. The molecule has 1 N–H and O–H groups in total. The van der Waals surface area contributed by atoms with Gasteiger partial charge in [0.2, 0.25) is 5.91 Å². The third-order valence-electron chi connectivity index (χ3n) is 4.02. The average Bonchev–Trinajstić information content (AvgIpc) is 3.18. The van der Waals surface area contributed by atoms with E-state index in [1.165, 1.54) is 35.2 Å². The van der Waals surface area contributed by atoms with Gasteiger partial charge < -0.3 is 5.32 Å². The second-order valence-corrected chi connectivity index (χ2v) is 8.64. The lowest BCUT2D eigenvalue weighted by Gasteiger charge is -2.12. The second-order valence-electron chi connectivity index (χ2n) is 6.13. The van der Waals surface area contributed by atoms with E-state index in [2.05, 4.69) is 27.1 Å². The number of halogens is 1. The standard InChI is InChI=1S/C19H20FN5OS2/c1-5-9-25-16(14-7-6-8-15(20)10-14)23-24-19(25)28-13(4)17(26)22-18-21-11(2)12(3)27-18/h5-8,10,13H,1,9H2,2-4H3,(H,21,22,26)/t13-/m0/s1. The number of benzene rings is 1. The molecule has 0 aliphatic carbocycles. The summed E-state index contributed by atoms with van der Waals surface area (Å²) in [5, 5.41) is 12.0. The zero-order valence-corrected chi connectivity index (χ0v) is 17.4. The van der Waals surface area contributed by atoms with Gasteiger partial charge in [-0.25, -0.2) is 9.37 Å². The summed E-state index contributed by atoms with van der Waals surface area (Å²) in [4.78, 5) is 17.9. The predicted molar refractivity (Wildman–Crippen MR) is 111 cm³/mol. The summed E-state index contributed by atoms with van der Waals surface area (Å²) in [6.07, 6.45) is 1.71. The Morgan fingerprint density at radius 3 is 2.86 bits per heavy atom. The summed E-state index contributed by atoms with van der Waals surface area (Å²) < 4.78 is 15.4. The minimum absolute atomic E-state index is 0.167. The molecule has 0 aliphatic heterocycles. The highest BCUT2D eigenvalue weighted by Gasteiger charge is 2.21. The van der Waals surface area contributed by atoms with Crippen LogP contribution in [0.2, 0.25) is 0 Å². The van der Waals surface area contributed by atoms with E-state index in [1.54, 1.807) is 25.1 Å². The predicted octanol–water partition coefficient (Wildman–Crippen LogP) is 4.46. The molecule has 0 fully saturated rings. The quantitative estimate of drug-likeness (QED) is 0.454. The largest absolute Gasteiger partial charge is 0.301 e. The molecule has 9 heteroatoms. The average molecular weight is 418 g/mol. The molecule has 3 rings (SSSR count). The topological polar surface area (TPSA) is 72.7 Å². The van der Waals surface area contributed by atoms with E-state index in [0.717, 1.165) is 10.6 Å². The number of thiazole rings is 1. The zero-order valence-electron chi connectivity index (χ0n) is 15.8. The van der Waals surface area contributed by atoms with Crippen molar-refractivity contribution in [2.24, 2.45) is 0 Å². The number of amides is 1. The Morgan fingerprint density at radius 2 is 2.21 bits per heavy atom. The van der Waals surface area contributed by atoms with Gasteiger partial charge >= 0.3 is 0 Å². The van der Waals surface area contributed by atoms with Crippen molar-refractivity contribution in [3.05, 3.63) is 53.3 Å². The van der Waals surface area contributed by atoms with Crippen molar-refractivity contribution in [3.8, 4) is 11.4 Å². The summed E-state index contributed by atoms with van der Waals surface area (Å²) in [5.74, 6) is 0.0153. The first-order valence-electron chi connectivity index (χ1n) is 8.60. The fraction of sp³-hybridized carbons (Fsp3) is 0.263. The van der Waals surface area contributed by atoms with E-state index >= 15 is 0 Å². The van der Waals surface area contributed by atoms with E-state index in [-0.39, 0.29) is 11.7 Å². The maximum Gasteiger partial charge on any atom is 0.239 e. The molecule has 0 bridgehead atoms. The van der Waals surface area contributed by atoms with Crippen molar-refractivity contribution in [2.45, 2.75) is 37.7 Å². The lowest BCUT2D eigenvalue weighted by Crippen LogP contribution is -2.22. The molecule has 1 amide bonds. The van der Waals surface area contributed by atoms with Crippen molar-refractivity contribution in [1.82, 2.24) is 19.7 Å². The smallest absolute Gasteiger partial charge is 0.239 e. The number of nitrogens with zero attached hydrogens (tertiary/aromatic N) is 4. The van der Waals surface area contributed by atoms with Gasteiger partial charge in [0, 0.05) is 17.0 Å². The van der Waals surface area contributed by atoms with Gasteiger partial charge in [0.05, 0.1) is 10.9 Å². The first-order chi connectivity index (χ1) is 13.4. The molecule has 3 aromatic rings. The van der Waals surface area contributed by atoms with Crippen molar-refractivity contribution >= 4 is 34.1 Å². The Balaban J connectivity index is 1.79. The van der Waals surface area contributed by atoms with Crippen LogP contribution in [0, 0.1) is 19.7 Å². The summed E-state index contributed by atoms with van der Waals surface area (Å²) in [6, 6.07) is 6.17. The number of hydrogen-bond donors (Lipinski definition) is 1. The molecule has 146 valence electrons. The Hall–Kier alpha value is -2.52. The summed E-state index contributed by atoms with van der Waals surface area (Å²) in [6.45, 7) is 9.88. The summed E-state index contributed by atoms with van der Waals surface area (Å²) >= 11 is 2.73. The maximum absolute atomic E-state index is 13.6. The first-order valence-corrected chi connectivity index (χ1v) is 10.3. The van der Waals surface area contributed by atoms with E-state index < -0.39 is 5.25 Å².